The quantitative estimate of drug-likeness (QED) is 0.296. The number of sulfonamides is 1. The number of non-ortho nitro benzene ring substituents is 1. The zero-order chi connectivity index (χ0) is 22.2. The number of carbonyl (C=O) groups is 1. The minimum absolute atomic E-state index is 0.0944. The molecule has 2 aromatic rings. The van der Waals surface area contributed by atoms with Gasteiger partial charge in [-0.15, -0.1) is 0 Å². The predicted molar refractivity (Wildman–Crippen MR) is 108 cm³/mol. The van der Waals surface area contributed by atoms with Gasteiger partial charge in [-0.3, -0.25) is 14.9 Å². The normalized spacial score (nSPS) is 16.8. The number of rotatable bonds is 5. The number of carbonyl (C=O) groups excluding carboxylic acids is 1. The molecule has 0 amide bonds. The molecule has 1 fully saturated rings. The van der Waals surface area contributed by atoms with Crippen molar-refractivity contribution >= 4 is 21.7 Å². The molecule has 11 heteroatoms. The Bertz CT molecular complexity index is 1140. The summed E-state index contributed by atoms with van der Waals surface area (Å²) >= 11 is 0. The number of ether oxygens (including phenoxy) is 3. The van der Waals surface area contributed by atoms with Crippen LogP contribution < -0.4 is 14.2 Å². The third-order valence-electron chi connectivity index (χ3n) is 5.35. The van der Waals surface area contributed by atoms with Crippen LogP contribution in [0.15, 0.2) is 41.3 Å². The van der Waals surface area contributed by atoms with Crippen LogP contribution in [-0.2, 0) is 14.8 Å². The summed E-state index contributed by atoms with van der Waals surface area (Å²) in [4.78, 5) is 22.8. The van der Waals surface area contributed by atoms with Crippen LogP contribution in [0.2, 0.25) is 0 Å². The first-order chi connectivity index (χ1) is 14.8. The molecule has 1 saturated heterocycles. The minimum Gasteiger partial charge on any atom is -0.454 e. The molecule has 2 aliphatic rings. The van der Waals surface area contributed by atoms with Gasteiger partial charge in [0.2, 0.25) is 16.8 Å². The Morgan fingerprint density at radius 2 is 1.84 bits per heavy atom. The summed E-state index contributed by atoms with van der Waals surface area (Å²) in [6.45, 7) is 1.94. The van der Waals surface area contributed by atoms with Gasteiger partial charge in [0, 0.05) is 31.3 Å². The van der Waals surface area contributed by atoms with Crippen molar-refractivity contribution in [1.82, 2.24) is 4.31 Å². The Kier molecular flexibility index (Phi) is 5.54. The topological polar surface area (TPSA) is 125 Å². The van der Waals surface area contributed by atoms with E-state index in [9.17, 15) is 23.3 Å². The van der Waals surface area contributed by atoms with Gasteiger partial charge in [-0.05, 0) is 37.5 Å². The number of aryl methyl sites for hydroxylation is 1. The lowest BCUT2D eigenvalue weighted by atomic mass is 9.98. The molecular formula is C20H20N2O8S. The minimum atomic E-state index is -3.92. The van der Waals surface area contributed by atoms with Gasteiger partial charge >= 0.3 is 5.97 Å². The first kappa shape index (κ1) is 21.1. The highest BCUT2D eigenvalue weighted by Gasteiger charge is 2.34. The van der Waals surface area contributed by atoms with E-state index in [0.717, 1.165) is 6.07 Å². The number of benzene rings is 2. The van der Waals surface area contributed by atoms with Crippen LogP contribution in [0, 0.1) is 23.0 Å². The van der Waals surface area contributed by atoms with Gasteiger partial charge in [0.25, 0.3) is 5.69 Å². The first-order valence-electron chi connectivity index (χ1n) is 9.62. The van der Waals surface area contributed by atoms with E-state index in [1.165, 1.54) is 16.4 Å². The van der Waals surface area contributed by atoms with Gasteiger partial charge in [0.05, 0.1) is 15.7 Å². The Morgan fingerprint density at radius 1 is 1.13 bits per heavy atom. The maximum Gasteiger partial charge on any atom is 0.314 e. The molecule has 2 aliphatic heterocycles. The second-order valence-electron chi connectivity index (χ2n) is 7.32. The predicted octanol–water partition coefficient (Wildman–Crippen LogP) is 2.64. The number of hydrogen-bond acceptors (Lipinski definition) is 8. The van der Waals surface area contributed by atoms with Gasteiger partial charge in [0.1, 0.15) is 5.75 Å². The lowest BCUT2D eigenvalue weighted by molar-refractivity contribution is -0.385. The molecule has 0 aliphatic carbocycles. The standard InChI is InChI=1S/C20H20N2O8S/c1-13-2-3-15(22(24)25)10-19(13)31(26,27)21-8-6-14(7-9-21)20(23)30-16-4-5-17-18(11-16)29-12-28-17/h2-5,10-11,14H,6-9,12H2,1H3. The van der Waals surface area contributed by atoms with Crippen molar-refractivity contribution in [2.24, 2.45) is 5.92 Å². The second-order valence-corrected chi connectivity index (χ2v) is 9.23. The van der Waals surface area contributed by atoms with Crippen LogP contribution in [0.5, 0.6) is 17.2 Å². The average molecular weight is 448 g/mol. The molecule has 0 spiro atoms. The largest absolute Gasteiger partial charge is 0.454 e. The Morgan fingerprint density at radius 3 is 2.55 bits per heavy atom. The third kappa shape index (κ3) is 4.19. The first-order valence-corrected chi connectivity index (χ1v) is 11.1. The van der Waals surface area contributed by atoms with E-state index in [1.54, 1.807) is 25.1 Å². The maximum absolute atomic E-state index is 13.0. The summed E-state index contributed by atoms with van der Waals surface area (Å²) in [5.74, 6) is 0.510. The molecule has 164 valence electrons. The van der Waals surface area contributed by atoms with E-state index in [2.05, 4.69) is 0 Å². The number of fused-ring (bicyclic) bond motifs is 1. The smallest absolute Gasteiger partial charge is 0.314 e. The molecule has 31 heavy (non-hydrogen) atoms. The van der Waals surface area contributed by atoms with Crippen LogP contribution in [-0.4, -0.2) is 43.5 Å². The summed E-state index contributed by atoms with van der Waals surface area (Å²) < 4.78 is 43.2. The molecule has 0 N–H and O–H groups in total. The zero-order valence-corrected chi connectivity index (χ0v) is 17.5. The molecule has 0 unspecified atom stereocenters. The molecule has 4 rings (SSSR count). The number of nitro benzene ring substituents is 1. The Balaban J connectivity index is 1.41. The van der Waals surface area contributed by atoms with E-state index in [1.807, 2.05) is 0 Å². The average Bonchev–Trinajstić information content (AvgIpc) is 3.21. The van der Waals surface area contributed by atoms with Crippen molar-refractivity contribution in [3.05, 3.63) is 52.1 Å². The lowest BCUT2D eigenvalue weighted by Crippen LogP contribution is -2.41. The molecule has 0 bridgehead atoms. The van der Waals surface area contributed by atoms with E-state index in [4.69, 9.17) is 14.2 Å². The fourth-order valence-corrected chi connectivity index (χ4v) is 5.31. The van der Waals surface area contributed by atoms with Crippen LogP contribution >= 0.6 is 0 Å². The number of nitrogens with zero attached hydrogens (tertiary/aromatic N) is 2. The van der Waals surface area contributed by atoms with Crippen molar-refractivity contribution in [1.29, 1.82) is 0 Å². The van der Waals surface area contributed by atoms with E-state index < -0.39 is 26.8 Å². The zero-order valence-electron chi connectivity index (χ0n) is 16.6. The van der Waals surface area contributed by atoms with Crippen LogP contribution in [0.1, 0.15) is 18.4 Å². The maximum atomic E-state index is 13.0. The summed E-state index contributed by atoms with van der Waals surface area (Å²) in [6, 6.07) is 8.60. The van der Waals surface area contributed by atoms with Crippen molar-refractivity contribution in [2.45, 2.75) is 24.7 Å². The monoisotopic (exact) mass is 448 g/mol. The number of esters is 1. The van der Waals surface area contributed by atoms with Crippen LogP contribution in [0.4, 0.5) is 5.69 Å². The highest BCUT2D eigenvalue weighted by molar-refractivity contribution is 7.89. The van der Waals surface area contributed by atoms with Gasteiger partial charge in [0.15, 0.2) is 11.5 Å². The molecular weight excluding hydrogens is 428 g/mol. The highest BCUT2D eigenvalue weighted by atomic mass is 32.2. The summed E-state index contributed by atoms with van der Waals surface area (Å²) in [5.41, 5.74) is 0.140. The highest BCUT2D eigenvalue weighted by Crippen LogP contribution is 2.36. The SMILES string of the molecule is Cc1ccc([N+](=O)[O-])cc1S(=O)(=O)N1CCC(C(=O)Oc2ccc3c(c2)OCO3)CC1. The van der Waals surface area contributed by atoms with Crippen LogP contribution in [0.25, 0.3) is 0 Å². The van der Waals surface area contributed by atoms with Gasteiger partial charge in [-0.2, -0.15) is 4.31 Å². The molecule has 2 heterocycles. The van der Waals surface area contributed by atoms with Gasteiger partial charge in [-0.1, -0.05) is 6.07 Å². The number of nitro groups is 1. The molecule has 0 atom stereocenters. The molecule has 0 saturated carbocycles. The number of piperidine rings is 1. The summed E-state index contributed by atoms with van der Waals surface area (Å²) in [5, 5.41) is 11.0. The second kappa shape index (κ2) is 8.16. The van der Waals surface area contributed by atoms with Crippen molar-refractivity contribution in [2.75, 3.05) is 19.9 Å². The molecule has 0 radical (unpaired) electrons. The van der Waals surface area contributed by atoms with E-state index in [0.29, 0.717) is 22.8 Å². The molecule has 2 aromatic carbocycles. The van der Waals surface area contributed by atoms with Crippen LogP contribution in [0.3, 0.4) is 0 Å². The summed E-state index contributed by atoms with van der Waals surface area (Å²) in [7, 11) is -3.92. The fourth-order valence-electron chi connectivity index (χ4n) is 3.59. The molecule has 0 aromatic heterocycles. The lowest BCUT2D eigenvalue weighted by Gasteiger charge is -2.30. The fraction of sp³-hybridized carbons (Fsp3) is 0.350. The Labute approximate surface area is 178 Å². The Hall–Kier alpha value is -3.18. The van der Waals surface area contributed by atoms with E-state index >= 15 is 0 Å². The molecule has 10 nitrogen and oxygen atoms in total. The van der Waals surface area contributed by atoms with Gasteiger partial charge < -0.3 is 14.2 Å². The van der Waals surface area contributed by atoms with Crippen molar-refractivity contribution in [3.8, 4) is 17.2 Å². The summed E-state index contributed by atoms with van der Waals surface area (Å²) in [6.07, 6.45) is 0.577. The van der Waals surface area contributed by atoms with Gasteiger partial charge in [-0.25, -0.2) is 8.42 Å². The van der Waals surface area contributed by atoms with E-state index in [-0.39, 0.29) is 43.3 Å². The third-order valence-corrected chi connectivity index (χ3v) is 7.39. The number of hydrogen-bond donors (Lipinski definition) is 0. The van der Waals surface area contributed by atoms with Crippen molar-refractivity contribution in [3.63, 3.8) is 0 Å². The van der Waals surface area contributed by atoms with Crippen molar-refractivity contribution < 1.29 is 32.3 Å².